The summed E-state index contributed by atoms with van der Waals surface area (Å²) in [5.74, 6) is -0.546. The number of amides is 1. The van der Waals surface area contributed by atoms with Crippen molar-refractivity contribution < 1.29 is 19.4 Å². The molecule has 0 radical (unpaired) electrons. The largest absolute Gasteiger partial charge is 0.490 e. The summed E-state index contributed by atoms with van der Waals surface area (Å²) in [4.78, 5) is 28.3. The van der Waals surface area contributed by atoms with Crippen LogP contribution in [0.4, 0.5) is 5.69 Å². The third kappa shape index (κ3) is 4.69. The number of nitrogens with one attached hydrogen (secondary N) is 1. The number of carbonyl (C=O) groups excluding carboxylic acids is 1. The van der Waals surface area contributed by atoms with Gasteiger partial charge in [-0.15, -0.1) is 0 Å². The van der Waals surface area contributed by atoms with Crippen LogP contribution >= 0.6 is 11.8 Å². The average molecular weight is 394 g/mol. The van der Waals surface area contributed by atoms with Gasteiger partial charge in [-0.25, -0.2) is 9.79 Å². The van der Waals surface area contributed by atoms with Crippen LogP contribution in [-0.2, 0) is 4.79 Å². The Morgan fingerprint density at radius 1 is 1.29 bits per heavy atom. The van der Waals surface area contributed by atoms with Crippen molar-refractivity contribution in [2.24, 2.45) is 4.99 Å². The molecule has 1 aliphatic rings. The predicted octanol–water partition coefficient (Wildman–Crippen LogP) is 4.15. The highest BCUT2D eigenvalue weighted by Crippen LogP contribution is 2.30. The van der Waals surface area contributed by atoms with Crippen molar-refractivity contribution in [3.05, 3.63) is 76.7 Å². The van der Waals surface area contributed by atoms with Crippen molar-refractivity contribution in [3.8, 4) is 5.75 Å². The van der Waals surface area contributed by atoms with E-state index in [1.165, 1.54) is 23.9 Å². The van der Waals surface area contributed by atoms with Crippen LogP contribution in [0.2, 0.25) is 0 Å². The SMILES string of the molecule is C=CCOc1ccc(C=C2SC(=Nc3cc(C(=O)O)ccc3C)NC2=O)cc1. The standard InChI is InChI=1S/C21H18N2O4S/c1-3-10-27-16-8-5-14(6-9-16)11-18-19(24)23-21(28-18)22-17-12-15(20(25)26)7-4-13(17)2/h3-9,11-12H,1,10H2,2H3,(H,25,26)(H,22,23,24). The molecular formula is C21H18N2O4S. The summed E-state index contributed by atoms with van der Waals surface area (Å²) in [5, 5.41) is 12.3. The van der Waals surface area contributed by atoms with Gasteiger partial charge >= 0.3 is 5.97 Å². The van der Waals surface area contributed by atoms with Crippen LogP contribution in [0.25, 0.3) is 6.08 Å². The normalized spacial score (nSPS) is 16.2. The highest BCUT2D eigenvalue weighted by molar-refractivity contribution is 8.18. The zero-order valence-electron chi connectivity index (χ0n) is 15.1. The number of hydrogen-bond donors (Lipinski definition) is 2. The summed E-state index contributed by atoms with van der Waals surface area (Å²) in [6.07, 6.45) is 3.43. The fourth-order valence-electron chi connectivity index (χ4n) is 2.42. The van der Waals surface area contributed by atoms with Gasteiger partial charge in [0.25, 0.3) is 5.91 Å². The van der Waals surface area contributed by atoms with Crippen LogP contribution in [0.5, 0.6) is 5.75 Å². The molecule has 2 N–H and O–H groups in total. The maximum Gasteiger partial charge on any atom is 0.335 e. The highest BCUT2D eigenvalue weighted by Gasteiger charge is 2.24. The molecule has 0 saturated carbocycles. The highest BCUT2D eigenvalue weighted by atomic mass is 32.2. The average Bonchev–Trinajstić information content (AvgIpc) is 3.01. The molecule has 7 heteroatoms. The number of ether oxygens (including phenoxy) is 1. The molecule has 6 nitrogen and oxygen atoms in total. The Balaban J connectivity index is 1.79. The molecule has 0 spiro atoms. The zero-order chi connectivity index (χ0) is 20.1. The van der Waals surface area contributed by atoms with Gasteiger partial charge in [0.05, 0.1) is 16.2 Å². The first-order chi connectivity index (χ1) is 13.5. The number of benzene rings is 2. The van der Waals surface area contributed by atoms with E-state index in [0.717, 1.165) is 16.9 Å². The van der Waals surface area contributed by atoms with Crippen molar-refractivity contribution in [2.45, 2.75) is 6.92 Å². The van der Waals surface area contributed by atoms with Gasteiger partial charge in [-0.3, -0.25) is 4.79 Å². The molecule has 1 saturated heterocycles. The maximum atomic E-state index is 12.2. The van der Waals surface area contributed by atoms with Crippen LogP contribution < -0.4 is 10.1 Å². The van der Waals surface area contributed by atoms with Crippen LogP contribution in [0.3, 0.4) is 0 Å². The fraction of sp³-hybridized carbons (Fsp3) is 0.0952. The number of nitrogens with zero attached hydrogens (tertiary/aromatic N) is 1. The molecular weight excluding hydrogens is 376 g/mol. The van der Waals surface area contributed by atoms with Gasteiger partial charge in [0, 0.05) is 0 Å². The summed E-state index contributed by atoms with van der Waals surface area (Å²) in [7, 11) is 0. The number of carboxylic acids is 1. The fourth-order valence-corrected chi connectivity index (χ4v) is 3.25. The van der Waals surface area contributed by atoms with Crippen molar-refractivity contribution in [1.82, 2.24) is 5.32 Å². The third-order valence-corrected chi connectivity index (χ3v) is 4.78. The van der Waals surface area contributed by atoms with Crippen molar-refractivity contribution >= 4 is 40.6 Å². The van der Waals surface area contributed by atoms with E-state index in [9.17, 15) is 9.59 Å². The molecule has 0 atom stereocenters. The quantitative estimate of drug-likeness (QED) is 0.568. The Kier molecular flexibility index (Phi) is 5.96. The molecule has 0 aliphatic carbocycles. The second-order valence-corrected chi connectivity index (χ2v) is 6.99. The first-order valence-corrected chi connectivity index (χ1v) is 9.25. The lowest BCUT2D eigenvalue weighted by atomic mass is 10.1. The molecule has 2 aromatic carbocycles. The van der Waals surface area contributed by atoms with Crippen molar-refractivity contribution in [1.29, 1.82) is 0 Å². The third-order valence-electron chi connectivity index (χ3n) is 3.87. The Hall–Kier alpha value is -3.32. The number of aromatic carboxylic acids is 1. The summed E-state index contributed by atoms with van der Waals surface area (Å²) in [6.45, 7) is 5.87. The molecule has 1 fully saturated rings. The lowest BCUT2D eigenvalue weighted by molar-refractivity contribution is -0.115. The Morgan fingerprint density at radius 2 is 2.04 bits per heavy atom. The zero-order valence-corrected chi connectivity index (χ0v) is 16.0. The molecule has 1 amide bonds. The number of rotatable bonds is 6. The number of amidine groups is 1. The number of thioether (sulfide) groups is 1. The van der Waals surface area contributed by atoms with Crippen molar-refractivity contribution in [2.75, 3.05) is 6.61 Å². The van der Waals surface area contributed by atoms with Gasteiger partial charge in [-0.2, -0.15) is 0 Å². The van der Waals surface area contributed by atoms with Crippen LogP contribution in [0.15, 0.2) is 65.0 Å². The molecule has 142 valence electrons. The first-order valence-electron chi connectivity index (χ1n) is 8.43. The van der Waals surface area contributed by atoms with Crippen molar-refractivity contribution in [3.63, 3.8) is 0 Å². The second kappa shape index (κ2) is 8.58. The Labute approximate surface area is 166 Å². The van der Waals surface area contributed by atoms with E-state index in [1.807, 2.05) is 31.2 Å². The summed E-state index contributed by atoms with van der Waals surface area (Å²) < 4.78 is 5.44. The van der Waals surface area contributed by atoms with Crippen LogP contribution in [0.1, 0.15) is 21.5 Å². The molecule has 0 bridgehead atoms. The van der Waals surface area contributed by atoms with E-state index in [0.29, 0.717) is 22.4 Å². The topological polar surface area (TPSA) is 88.0 Å². The van der Waals surface area contributed by atoms with Gasteiger partial charge in [-0.05, 0) is 60.2 Å². The van der Waals surface area contributed by atoms with E-state index in [4.69, 9.17) is 9.84 Å². The van der Waals surface area contributed by atoms with Crippen LogP contribution in [0, 0.1) is 6.92 Å². The number of aryl methyl sites for hydroxylation is 1. The smallest absolute Gasteiger partial charge is 0.335 e. The first kappa shape index (κ1) is 19.4. The Morgan fingerprint density at radius 3 is 2.71 bits per heavy atom. The van der Waals surface area contributed by atoms with Gasteiger partial charge < -0.3 is 15.2 Å². The molecule has 0 aromatic heterocycles. The number of carboxylic acid groups (broad SMARTS) is 1. The van der Waals surface area contributed by atoms with Crippen LogP contribution in [-0.4, -0.2) is 28.8 Å². The summed E-state index contributed by atoms with van der Waals surface area (Å²) >= 11 is 1.21. The minimum atomic E-state index is -1.02. The lowest BCUT2D eigenvalue weighted by Gasteiger charge is -2.03. The minimum absolute atomic E-state index is 0.147. The molecule has 2 aromatic rings. The molecule has 0 unspecified atom stereocenters. The molecule has 1 aliphatic heterocycles. The lowest BCUT2D eigenvalue weighted by Crippen LogP contribution is -2.19. The van der Waals surface area contributed by atoms with E-state index in [1.54, 1.807) is 18.2 Å². The van der Waals surface area contributed by atoms with E-state index < -0.39 is 5.97 Å². The van der Waals surface area contributed by atoms with Gasteiger partial charge in [0.15, 0.2) is 5.17 Å². The number of hydrogen-bond acceptors (Lipinski definition) is 5. The predicted molar refractivity (Wildman–Crippen MR) is 111 cm³/mol. The van der Waals surface area contributed by atoms with E-state index in [-0.39, 0.29) is 11.5 Å². The summed E-state index contributed by atoms with van der Waals surface area (Å²) in [5.41, 5.74) is 2.33. The number of carbonyl (C=O) groups is 2. The Bertz CT molecular complexity index is 994. The molecule has 1 heterocycles. The van der Waals surface area contributed by atoms with Gasteiger partial charge in [0.2, 0.25) is 0 Å². The molecule has 28 heavy (non-hydrogen) atoms. The van der Waals surface area contributed by atoms with Gasteiger partial charge in [-0.1, -0.05) is 30.9 Å². The van der Waals surface area contributed by atoms with E-state index >= 15 is 0 Å². The second-order valence-electron chi connectivity index (χ2n) is 5.96. The monoisotopic (exact) mass is 394 g/mol. The summed E-state index contributed by atoms with van der Waals surface area (Å²) in [6, 6.07) is 12.1. The minimum Gasteiger partial charge on any atom is -0.490 e. The van der Waals surface area contributed by atoms with E-state index in [2.05, 4.69) is 16.9 Å². The maximum absolute atomic E-state index is 12.2. The molecule has 3 rings (SSSR count). The van der Waals surface area contributed by atoms with Gasteiger partial charge in [0.1, 0.15) is 12.4 Å². The number of aliphatic imine (C=N–C) groups is 1.